The van der Waals surface area contributed by atoms with Gasteiger partial charge in [-0.3, -0.25) is 4.79 Å². The van der Waals surface area contributed by atoms with Crippen LogP contribution in [-0.2, 0) is 14.8 Å². The second kappa shape index (κ2) is 8.33. The fourth-order valence-electron chi connectivity index (χ4n) is 2.25. The van der Waals surface area contributed by atoms with Crippen molar-refractivity contribution in [2.45, 2.75) is 43.2 Å². The lowest BCUT2D eigenvalue weighted by Crippen LogP contribution is -2.40. The molecule has 8 nitrogen and oxygen atoms in total. The number of nitrogens with one attached hydrogen (secondary N) is 2. The Kier molecular flexibility index (Phi) is 6.38. The number of carboxylic acids is 1. The first-order valence-corrected chi connectivity index (χ1v) is 9.62. The van der Waals surface area contributed by atoms with Crippen molar-refractivity contribution in [2.24, 2.45) is 0 Å². The molecule has 1 aliphatic rings. The van der Waals surface area contributed by atoms with Gasteiger partial charge in [-0.2, -0.15) is 0 Å². The SMILES string of the molecule is C/C=C/CC(NC(=O)c1ccc(OC)c(S(=O)(=O)NC2CC2)c1)C(=O)O. The molecular weight excluding hydrogens is 360 g/mol. The monoisotopic (exact) mass is 382 g/mol. The van der Waals surface area contributed by atoms with Gasteiger partial charge in [-0.25, -0.2) is 17.9 Å². The number of sulfonamides is 1. The quantitative estimate of drug-likeness (QED) is 0.553. The van der Waals surface area contributed by atoms with Gasteiger partial charge in [0, 0.05) is 11.6 Å². The van der Waals surface area contributed by atoms with Crippen molar-refractivity contribution in [3.05, 3.63) is 35.9 Å². The molecule has 26 heavy (non-hydrogen) atoms. The largest absolute Gasteiger partial charge is 0.495 e. The van der Waals surface area contributed by atoms with E-state index in [0.717, 1.165) is 12.8 Å². The third-order valence-corrected chi connectivity index (χ3v) is 5.37. The summed E-state index contributed by atoms with van der Waals surface area (Å²) in [4.78, 5) is 23.5. The Morgan fingerprint density at radius 1 is 1.38 bits per heavy atom. The zero-order valence-electron chi connectivity index (χ0n) is 14.6. The molecule has 3 N–H and O–H groups in total. The molecule has 1 aromatic carbocycles. The van der Waals surface area contributed by atoms with Crippen LogP contribution < -0.4 is 14.8 Å². The predicted octanol–water partition coefficient (Wildman–Crippen LogP) is 1.29. The van der Waals surface area contributed by atoms with Crippen molar-refractivity contribution >= 4 is 21.9 Å². The van der Waals surface area contributed by atoms with Crippen LogP contribution in [0.5, 0.6) is 5.75 Å². The second-order valence-electron chi connectivity index (χ2n) is 5.93. The highest BCUT2D eigenvalue weighted by molar-refractivity contribution is 7.89. The number of allylic oxidation sites excluding steroid dienone is 1. The number of benzene rings is 1. The summed E-state index contributed by atoms with van der Waals surface area (Å²) < 4.78 is 32.6. The average Bonchev–Trinajstić information content (AvgIpc) is 3.40. The van der Waals surface area contributed by atoms with Crippen LogP contribution in [0, 0.1) is 0 Å². The van der Waals surface area contributed by atoms with Gasteiger partial charge in [-0.15, -0.1) is 0 Å². The Morgan fingerprint density at radius 2 is 2.08 bits per heavy atom. The van der Waals surface area contributed by atoms with Gasteiger partial charge < -0.3 is 15.2 Å². The first-order valence-electron chi connectivity index (χ1n) is 8.13. The van der Waals surface area contributed by atoms with Gasteiger partial charge in [0.25, 0.3) is 5.91 Å². The molecule has 1 fully saturated rings. The zero-order chi connectivity index (χ0) is 19.3. The summed E-state index contributed by atoms with van der Waals surface area (Å²) in [6.45, 7) is 1.74. The van der Waals surface area contributed by atoms with Crippen molar-refractivity contribution in [1.29, 1.82) is 0 Å². The standard InChI is InChI=1S/C17H22N2O6S/c1-3-4-5-13(17(21)22)18-16(20)11-6-9-14(25-2)15(10-11)26(23,24)19-12-7-8-12/h3-4,6,9-10,12-13,19H,5,7-8H2,1-2H3,(H,18,20)(H,21,22)/b4-3+. The average molecular weight is 382 g/mol. The van der Waals surface area contributed by atoms with Crippen molar-refractivity contribution in [3.63, 3.8) is 0 Å². The highest BCUT2D eigenvalue weighted by Gasteiger charge is 2.30. The van der Waals surface area contributed by atoms with E-state index in [0.29, 0.717) is 0 Å². The molecule has 1 aromatic rings. The van der Waals surface area contributed by atoms with Crippen LogP contribution in [0.2, 0.25) is 0 Å². The van der Waals surface area contributed by atoms with E-state index in [1.54, 1.807) is 19.1 Å². The summed E-state index contributed by atoms with van der Waals surface area (Å²) >= 11 is 0. The fraction of sp³-hybridized carbons (Fsp3) is 0.412. The number of ether oxygens (including phenoxy) is 1. The lowest BCUT2D eigenvalue weighted by Gasteiger charge is -2.15. The molecule has 1 atom stereocenters. The normalized spacial score (nSPS) is 15.6. The van der Waals surface area contributed by atoms with Crippen molar-refractivity contribution in [2.75, 3.05) is 7.11 Å². The van der Waals surface area contributed by atoms with Crippen LogP contribution >= 0.6 is 0 Å². The van der Waals surface area contributed by atoms with E-state index in [2.05, 4.69) is 10.0 Å². The molecular formula is C17H22N2O6S. The maximum Gasteiger partial charge on any atom is 0.326 e. The zero-order valence-corrected chi connectivity index (χ0v) is 15.4. The predicted molar refractivity (Wildman–Crippen MR) is 94.7 cm³/mol. The Bertz CT molecular complexity index is 815. The van der Waals surface area contributed by atoms with Crippen molar-refractivity contribution in [3.8, 4) is 5.75 Å². The van der Waals surface area contributed by atoms with Crippen LogP contribution in [0.25, 0.3) is 0 Å². The number of hydrogen-bond acceptors (Lipinski definition) is 5. The minimum atomic E-state index is -3.84. The van der Waals surface area contributed by atoms with Crippen LogP contribution in [-0.4, -0.2) is 44.6 Å². The van der Waals surface area contributed by atoms with E-state index in [9.17, 15) is 23.1 Å². The molecule has 0 bridgehead atoms. The van der Waals surface area contributed by atoms with Crippen molar-refractivity contribution in [1.82, 2.24) is 10.0 Å². The van der Waals surface area contributed by atoms with E-state index in [-0.39, 0.29) is 28.7 Å². The number of methoxy groups -OCH3 is 1. The van der Waals surface area contributed by atoms with E-state index < -0.39 is 27.9 Å². The first kappa shape index (κ1) is 19.9. The number of aliphatic carboxylic acids is 1. The minimum absolute atomic E-state index is 0.0358. The summed E-state index contributed by atoms with van der Waals surface area (Å²) in [6.07, 6.45) is 4.98. The lowest BCUT2D eigenvalue weighted by molar-refractivity contribution is -0.139. The number of hydrogen-bond donors (Lipinski definition) is 3. The Balaban J connectivity index is 2.27. The maximum atomic E-state index is 12.5. The first-order chi connectivity index (χ1) is 12.3. The third kappa shape index (κ3) is 5.06. The molecule has 1 saturated carbocycles. The number of amides is 1. The van der Waals surface area contributed by atoms with Crippen LogP contribution in [0.1, 0.15) is 36.5 Å². The smallest absolute Gasteiger partial charge is 0.326 e. The van der Waals surface area contributed by atoms with Crippen molar-refractivity contribution < 1.29 is 27.9 Å². The van der Waals surface area contributed by atoms with Gasteiger partial charge >= 0.3 is 5.97 Å². The van der Waals surface area contributed by atoms with Gasteiger partial charge in [0.15, 0.2) is 0 Å². The molecule has 9 heteroatoms. The molecule has 0 spiro atoms. The number of carbonyl (C=O) groups excluding carboxylic acids is 1. The van der Waals surface area contributed by atoms with Crippen LogP contribution in [0.3, 0.4) is 0 Å². The van der Waals surface area contributed by atoms with Crippen LogP contribution in [0.15, 0.2) is 35.2 Å². The number of rotatable bonds is 9. The molecule has 1 unspecified atom stereocenters. The molecule has 142 valence electrons. The second-order valence-corrected chi connectivity index (χ2v) is 7.61. The van der Waals surface area contributed by atoms with Gasteiger partial charge in [0.05, 0.1) is 7.11 Å². The summed E-state index contributed by atoms with van der Waals surface area (Å²) in [5.74, 6) is -1.74. The molecule has 1 amide bonds. The maximum absolute atomic E-state index is 12.5. The van der Waals surface area contributed by atoms with E-state index in [1.807, 2.05) is 0 Å². The molecule has 0 aromatic heterocycles. The van der Waals surface area contributed by atoms with Gasteiger partial charge in [-0.1, -0.05) is 12.2 Å². The topological polar surface area (TPSA) is 122 Å². The Morgan fingerprint density at radius 3 is 2.62 bits per heavy atom. The Labute approximate surface area is 152 Å². The lowest BCUT2D eigenvalue weighted by atomic mass is 10.1. The molecule has 0 radical (unpaired) electrons. The summed E-state index contributed by atoms with van der Waals surface area (Å²) in [5, 5.41) is 11.6. The van der Waals surface area contributed by atoms with Gasteiger partial charge in [-0.05, 0) is 44.4 Å². The number of carboxylic acid groups (broad SMARTS) is 1. The molecule has 2 rings (SSSR count). The van der Waals surface area contributed by atoms with E-state index >= 15 is 0 Å². The van der Waals surface area contributed by atoms with E-state index in [4.69, 9.17) is 4.74 Å². The summed E-state index contributed by atoms with van der Waals surface area (Å²) in [5.41, 5.74) is 0.0358. The molecule has 0 heterocycles. The number of carbonyl (C=O) groups is 2. The molecule has 0 aliphatic heterocycles. The highest BCUT2D eigenvalue weighted by Crippen LogP contribution is 2.28. The van der Waals surface area contributed by atoms with E-state index in [1.165, 1.54) is 25.3 Å². The highest BCUT2D eigenvalue weighted by atomic mass is 32.2. The molecule has 1 aliphatic carbocycles. The summed E-state index contributed by atoms with van der Waals surface area (Å²) in [7, 11) is -2.50. The Hall–Kier alpha value is -2.39. The van der Waals surface area contributed by atoms with Gasteiger partial charge in [0.1, 0.15) is 16.7 Å². The van der Waals surface area contributed by atoms with Crippen LogP contribution in [0.4, 0.5) is 0 Å². The fourth-order valence-corrected chi connectivity index (χ4v) is 3.75. The summed E-state index contributed by atoms with van der Waals surface area (Å²) in [6, 6.07) is 2.75. The van der Waals surface area contributed by atoms with Gasteiger partial charge in [0.2, 0.25) is 10.0 Å². The third-order valence-electron chi connectivity index (χ3n) is 3.83. The minimum Gasteiger partial charge on any atom is -0.495 e. The molecule has 0 saturated heterocycles.